The number of carbonyl (C=O) groups excluding carboxylic acids is 1. The fraction of sp³-hybridized carbons (Fsp3) is 0.357. The fourth-order valence-corrected chi connectivity index (χ4v) is 1.87. The van der Waals surface area contributed by atoms with Gasteiger partial charge in [0.2, 0.25) is 0 Å². The first kappa shape index (κ1) is 11.7. The van der Waals surface area contributed by atoms with Crippen LogP contribution in [0, 0.1) is 0 Å². The number of rotatable bonds is 3. The highest BCUT2D eigenvalue weighted by atomic mass is 16.5. The van der Waals surface area contributed by atoms with Crippen LogP contribution < -0.4 is 4.74 Å². The SMILES string of the molecule is CC(=O)OC=C(C)Cc1ccc2c(c1)OCC2. The zero-order valence-electron chi connectivity index (χ0n) is 10.2. The van der Waals surface area contributed by atoms with E-state index in [-0.39, 0.29) is 5.97 Å². The summed E-state index contributed by atoms with van der Waals surface area (Å²) >= 11 is 0. The minimum Gasteiger partial charge on any atom is -0.493 e. The smallest absolute Gasteiger partial charge is 0.307 e. The Kier molecular flexibility index (Phi) is 3.47. The first-order chi connectivity index (χ1) is 8.15. The number of benzene rings is 1. The van der Waals surface area contributed by atoms with Crippen LogP contribution in [0.4, 0.5) is 0 Å². The molecule has 0 amide bonds. The van der Waals surface area contributed by atoms with Gasteiger partial charge in [0.05, 0.1) is 12.9 Å². The number of ether oxygens (including phenoxy) is 2. The van der Waals surface area contributed by atoms with Gasteiger partial charge in [0, 0.05) is 13.3 Å². The summed E-state index contributed by atoms with van der Waals surface area (Å²) in [5.74, 6) is 0.699. The molecule has 0 aliphatic carbocycles. The average Bonchev–Trinajstić information content (AvgIpc) is 2.73. The van der Waals surface area contributed by atoms with E-state index in [9.17, 15) is 4.79 Å². The molecule has 1 aliphatic rings. The summed E-state index contributed by atoms with van der Waals surface area (Å²) in [5, 5.41) is 0. The maximum absolute atomic E-state index is 10.7. The molecule has 1 aromatic carbocycles. The lowest BCUT2D eigenvalue weighted by Crippen LogP contribution is -1.94. The topological polar surface area (TPSA) is 35.5 Å². The summed E-state index contributed by atoms with van der Waals surface area (Å²) in [6.07, 6.45) is 3.28. The Morgan fingerprint density at radius 1 is 1.47 bits per heavy atom. The first-order valence-electron chi connectivity index (χ1n) is 5.72. The third-order valence-corrected chi connectivity index (χ3v) is 2.67. The molecule has 90 valence electrons. The molecule has 1 aromatic rings. The Bertz CT molecular complexity index is 461. The zero-order chi connectivity index (χ0) is 12.3. The van der Waals surface area contributed by atoms with Crippen LogP contribution in [0.2, 0.25) is 0 Å². The van der Waals surface area contributed by atoms with Gasteiger partial charge < -0.3 is 9.47 Å². The number of hydrogen-bond acceptors (Lipinski definition) is 3. The van der Waals surface area contributed by atoms with Gasteiger partial charge in [-0.3, -0.25) is 4.79 Å². The van der Waals surface area contributed by atoms with E-state index >= 15 is 0 Å². The highest BCUT2D eigenvalue weighted by molar-refractivity contribution is 5.66. The lowest BCUT2D eigenvalue weighted by molar-refractivity contribution is -0.135. The Labute approximate surface area is 101 Å². The van der Waals surface area contributed by atoms with Crippen molar-refractivity contribution in [3.05, 3.63) is 41.2 Å². The lowest BCUT2D eigenvalue weighted by atomic mass is 10.0. The summed E-state index contributed by atoms with van der Waals surface area (Å²) in [6, 6.07) is 6.27. The molecular formula is C14H16O3. The molecule has 1 aliphatic heterocycles. The predicted octanol–water partition coefficient (Wildman–Crippen LogP) is 2.63. The first-order valence-corrected chi connectivity index (χ1v) is 5.72. The van der Waals surface area contributed by atoms with Crippen LogP contribution >= 0.6 is 0 Å². The monoisotopic (exact) mass is 232 g/mol. The second-order valence-electron chi connectivity index (χ2n) is 4.29. The molecule has 2 rings (SSSR count). The van der Waals surface area contributed by atoms with Crippen molar-refractivity contribution in [3.8, 4) is 5.75 Å². The van der Waals surface area contributed by atoms with Gasteiger partial charge in [-0.15, -0.1) is 0 Å². The van der Waals surface area contributed by atoms with E-state index in [1.54, 1.807) is 0 Å². The molecule has 0 radical (unpaired) electrons. The molecule has 0 saturated carbocycles. The standard InChI is InChI=1S/C14H16O3/c1-10(9-17-11(2)15)7-12-3-4-13-5-6-16-14(13)8-12/h3-4,8-9H,5-7H2,1-2H3. The van der Waals surface area contributed by atoms with Crippen LogP contribution in [0.5, 0.6) is 5.75 Å². The molecular weight excluding hydrogens is 216 g/mol. The number of hydrogen-bond donors (Lipinski definition) is 0. The van der Waals surface area contributed by atoms with Crippen LogP contribution in [0.25, 0.3) is 0 Å². The molecule has 3 nitrogen and oxygen atoms in total. The van der Waals surface area contributed by atoms with E-state index in [1.165, 1.54) is 24.3 Å². The Morgan fingerprint density at radius 3 is 3.06 bits per heavy atom. The number of allylic oxidation sites excluding steroid dienone is 1. The van der Waals surface area contributed by atoms with Gasteiger partial charge in [-0.2, -0.15) is 0 Å². The molecule has 0 bridgehead atoms. The Balaban J connectivity index is 2.04. The third-order valence-electron chi connectivity index (χ3n) is 2.67. The minimum absolute atomic E-state index is 0.290. The number of carbonyl (C=O) groups is 1. The summed E-state index contributed by atoms with van der Waals surface area (Å²) in [7, 11) is 0. The summed E-state index contributed by atoms with van der Waals surface area (Å²) in [5.41, 5.74) is 3.46. The molecule has 0 saturated heterocycles. The minimum atomic E-state index is -0.290. The zero-order valence-corrected chi connectivity index (χ0v) is 10.2. The predicted molar refractivity (Wildman–Crippen MR) is 64.9 cm³/mol. The highest BCUT2D eigenvalue weighted by Crippen LogP contribution is 2.26. The quantitative estimate of drug-likeness (QED) is 0.593. The van der Waals surface area contributed by atoms with Gasteiger partial charge in [-0.1, -0.05) is 12.1 Å². The molecule has 3 heteroatoms. The van der Waals surface area contributed by atoms with E-state index in [2.05, 4.69) is 18.2 Å². The third kappa shape index (κ3) is 3.09. The van der Waals surface area contributed by atoms with Crippen LogP contribution in [-0.2, 0) is 22.4 Å². The van der Waals surface area contributed by atoms with Gasteiger partial charge in [0.25, 0.3) is 0 Å². The molecule has 0 spiro atoms. The normalized spacial score (nSPS) is 14.1. The fourth-order valence-electron chi connectivity index (χ4n) is 1.87. The van der Waals surface area contributed by atoms with Crippen LogP contribution in [0.1, 0.15) is 25.0 Å². The molecule has 17 heavy (non-hydrogen) atoms. The van der Waals surface area contributed by atoms with Crippen molar-refractivity contribution >= 4 is 5.97 Å². The van der Waals surface area contributed by atoms with E-state index in [1.807, 2.05) is 6.92 Å². The second-order valence-corrected chi connectivity index (χ2v) is 4.29. The Hall–Kier alpha value is -1.77. The summed E-state index contributed by atoms with van der Waals surface area (Å²) in [4.78, 5) is 10.7. The van der Waals surface area contributed by atoms with Gasteiger partial charge in [-0.25, -0.2) is 0 Å². The molecule has 0 N–H and O–H groups in total. The Morgan fingerprint density at radius 2 is 2.29 bits per heavy atom. The molecule has 0 atom stereocenters. The van der Waals surface area contributed by atoms with E-state index in [4.69, 9.17) is 9.47 Å². The number of esters is 1. The second kappa shape index (κ2) is 5.04. The van der Waals surface area contributed by atoms with E-state index in [0.29, 0.717) is 0 Å². The lowest BCUT2D eigenvalue weighted by Gasteiger charge is -2.05. The van der Waals surface area contributed by atoms with E-state index in [0.717, 1.165) is 30.8 Å². The van der Waals surface area contributed by atoms with Crippen molar-refractivity contribution in [2.75, 3.05) is 6.61 Å². The largest absolute Gasteiger partial charge is 0.493 e. The van der Waals surface area contributed by atoms with Crippen LogP contribution in [0.15, 0.2) is 30.0 Å². The van der Waals surface area contributed by atoms with Crippen molar-refractivity contribution in [2.24, 2.45) is 0 Å². The van der Waals surface area contributed by atoms with Gasteiger partial charge >= 0.3 is 5.97 Å². The van der Waals surface area contributed by atoms with Crippen molar-refractivity contribution in [1.82, 2.24) is 0 Å². The van der Waals surface area contributed by atoms with Crippen molar-refractivity contribution in [2.45, 2.75) is 26.7 Å². The highest BCUT2D eigenvalue weighted by Gasteiger charge is 2.11. The van der Waals surface area contributed by atoms with Gasteiger partial charge in [0.1, 0.15) is 5.75 Å². The maximum atomic E-state index is 10.7. The van der Waals surface area contributed by atoms with E-state index < -0.39 is 0 Å². The van der Waals surface area contributed by atoms with Crippen molar-refractivity contribution < 1.29 is 14.3 Å². The van der Waals surface area contributed by atoms with Crippen LogP contribution in [0.3, 0.4) is 0 Å². The van der Waals surface area contributed by atoms with Gasteiger partial charge in [0.15, 0.2) is 0 Å². The van der Waals surface area contributed by atoms with Crippen molar-refractivity contribution in [3.63, 3.8) is 0 Å². The molecule has 1 heterocycles. The molecule has 0 fully saturated rings. The average molecular weight is 232 g/mol. The summed E-state index contributed by atoms with van der Waals surface area (Å²) in [6.45, 7) is 4.12. The maximum Gasteiger partial charge on any atom is 0.307 e. The molecule has 0 aromatic heterocycles. The van der Waals surface area contributed by atoms with Crippen molar-refractivity contribution in [1.29, 1.82) is 0 Å². The van der Waals surface area contributed by atoms with Crippen LogP contribution in [-0.4, -0.2) is 12.6 Å². The number of fused-ring (bicyclic) bond motifs is 1. The molecule has 0 unspecified atom stereocenters. The summed E-state index contributed by atoms with van der Waals surface area (Å²) < 4.78 is 10.4. The van der Waals surface area contributed by atoms with Gasteiger partial charge in [-0.05, 0) is 36.1 Å².